The molecule has 2 aromatic rings. The highest BCUT2D eigenvalue weighted by Crippen LogP contribution is 2.36. The van der Waals surface area contributed by atoms with Gasteiger partial charge in [0.15, 0.2) is 11.3 Å². The van der Waals surface area contributed by atoms with E-state index in [1.54, 1.807) is 6.07 Å². The third-order valence-corrected chi connectivity index (χ3v) is 6.76. The number of non-ortho nitro benzene ring substituents is 1. The van der Waals surface area contributed by atoms with E-state index in [-0.39, 0.29) is 11.6 Å². The van der Waals surface area contributed by atoms with Crippen molar-refractivity contribution in [3.63, 3.8) is 0 Å². The zero-order valence-corrected chi connectivity index (χ0v) is 19.7. The fraction of sp³-hybridized carbons (Fsp3) is 0.348. The second-order valence-corrected chi connectivity index (χ2v) is 9.29. The van der Waals surface area contributed by atoms with Crippen LogP contribution in [0.4, 0.5) is 5.69 Å². The van der Waals surface area contributed by atoms with Crippen molar-refractivity contribution in [3.8, 4) is 0 Å². The van der Waals surface area contributed by atoms with Gasteiger partial charge in [-0.1, -0.05) is 74.2 Å². The lowest BCUT2D eigenvalue weighted by Gasteiger charge is -2.34. The molecule has 172 valence electrons. The van der Waals surface area contributed by atoms with Crippen LogP contribution in [0.15, 0.2) is 52.6 Å². The van der Waals surface area contributed by atoms with Crippen molar-refractivity contribution in [1.82, 2.24) is 10.3 Å². The summed E-state index contributed by atoms with van der Waals surface area (Å²) in [6.07, 6.45) is 4.98. The van der Waals surface area contributed by atoms with E-state index in [9.17, 15) is 14.9 Å². The van der Waals surface area contributed by atoms with Crippen LogP contribution in [0.5, 0.6) is 0 Å². The minimum absolute atomic E-state index is 0.0999. The Bertz CT molecular complexity index is 1230. The fourth-order valence-corrected chi connectivity index (χ4v) is 4.88. The molecule has 4 rings (SSSR count). The minimum Gasteiger partial charge on any atom is -0.298 e. The summed E-state index contributed by atoms with van der Waals surface area (Å²) in [6, 6.07) is 11.5. The van der Waals surface area contributed by atoms with Crippen LogP contribution < -0.4 is 15.9 Å². The molecule has 0 fully saturated rings. The molecule has 2 aromatic carbocycles. The van der Waals surface area contributed by atoms with Gasteiger partial charge in [-0.05, 0) is 18.6 Å². The molecule has 1 unspecified atom stereocenters. The number of halogens is 1. The Morgan fingerprint density at radius 1 is 1.18 bits per heavy atom. The first kappa shape index (κ1) is 23.3. The Morgan fingerprint density at radius 3 is 2.76 bits per heavy atom. The summed E-state index contributed by atoms with van der Waals surface area (Å²) in [4.78, 5) is 28.8. The van der Waals surface area contributed by atoms with Gasteiger partial charge in [0.2, 0.25) is 0 Å². The number of nitro groups is 1. The van der Waals surface area contributed by atoms with Crippen LogP contribution in [0.3, 0.4) is 0 Å². The number of para-hydroxylation sites is 1. The summed E-state index contributed by atoms with van der Waals surface area (Å²) < 4.78 is 0. The van der Waals surface area contributed by atoms with Gasteiger partial charge in [0.1, 0.15) is 5.70 Å². The molecule has 2 heterocycles. The van der Waals surface area contributed by atoms with E-state index < -0.39 is 11.1 Å². The maximum atomic E-state index is 13.1. The van der Waals surface area contributed by atoms with E-state index in [0.29, 0.717) is 32.0 Å². The Hall–Kier alpha value is -2.91. The predicted molar refractivity (Wildman–Crippen MR) is 130 cm³/mol. The van der Waals surface area contributed by atoms with Crippen molar-refractivity contribution in [2.75, 3.05) is 5.75 Å². The number of fused-ring (bicyclic) bond motifs is 2. The van der Waals surface area contributed by atoms with Gasteiger partial charge < -0.3 is 0 Å². The first-order valence-corrected chi connectivity index (χ1v) is 12.3. The molecule has 10 heteroatoms. The smallest absolute Gasteiger partial charge is 0.276 e. The third-order valence-electron chi connectivity index (χ3n) is 5.47. The molecule has 8 nitrogen and oxygen atoms in total. The molecule has 0 saturated carbocycles. The van der Waals surface area contributed by atoms with Gasteiger partial charge in [-0.2, -0.15) is 0 Å². The highest BCUT2D eigenvalue weighted by Gasteiger charge is 2.35. The molecule has 2 aliphatic heterocycles. The van der Waals surface area contributed by atoms with Gasteiger partial charge in [-0.3, -0.25) is 25.2 Å². The number of nitrogens with one attached hydrogen (secondary N) is 1. The number of rotatable bonds is 8. The van der Waals surface area contributed by atoms with Crippen molar-refractivity contribution in [2.45, 2.75) is 45.2 Å². The van der Waals surface area contributed by atoms with Gasteiger partial charge >= 0.3 is 0 Å². The minimum atomic E-state index is -0.798. The average Bonchev–Trinajstić information content (AvgIpc) is 2.81. The molecule has 2 aliphatic rings. The Kier molecular flexibility index (Phi) is 7.29. The molecule has 33 heavy (non-hydrogen) atoms. The lowest BCUT2D eigenvalue weighted by Crippen LogP contribution is -2.50. The lowest BCUT2D eigenvalue weighted by atomic mass is 10.1. The monoisotopic (exact) mass is 485 g/mol. The van der Waals surface area contributed by atoms with Crippen LogP contribution in [-0.4, -0.2) is 26.8 Å². The number of nitrogens with zero attached hydrogens (tertiary/aromatic N) is 4. The molecule has 0 aliphatic carbocycles. The number of hydrazone groups is 1. The zero-order chi connectivity index (χ0) is 23.4. The standard InChI is InChI=1S/C23H24ClN5O3S/c1-2-3-4-5-8-13-33-23-26-22(30)20-16-9-6-7-10-19(16)25-21(28(20)27-23)17-14-15(29(31)32)11-12-18(17)24/h6-7,9-12,14,21H,2-5,8,13H2,1H3,(H,26,27,30). The predicted octanol–water partition coefficient (Wildman–Crippen LogP) is 4.09. The summed E-state index contributed by atoms with van der Waals surface area (Å²) >= 11 is 7.92. The number of carbonyl (C=O) groups is 1. The maximum absolute atomic E-state index is 13.1. The second kappa shape index (κ2) is 10.4. The van der Waals surface area contributed by atoms with Crippen LogP contribution in [0.25, 0.3) is 5.70 Å². The topological polar surface area (TPSA) is 100 Å². The summed E-state index contributed by atoms with van der Waals surface area (Å²) in [5.41, 5.74) is 0.665. The number of nitro benzene ring substituents is 1. The number of amides is 1. The average molecular weight is 486 g/mol. The Balaban J connectivity index is 1.71. The van der Waals surface area contributed by atoms with Gasteiger partial charge in [0.05, 0.1) is 10.3 Å². The first-order chi connectivity index (χ1) is 16.0. The lowest BCUT2D eigenvalue weighted by molar-refractivity contribution is -0.384. The second-order valence-electron chi connectivity index (χ2n) is 7.80. The van der Waals surface area contributed by atoms with E-state index >= 15 is 0 Å². The summed E-state index contributed by atoms with van der Waals surface area (Å²) in [6.45, 7) is 2.18. The molecule has 1 N–H and O–H groups in total. The van der Waals surface area contributed by atoms with E-state index in [2.05, 4.69) is 17.3 Å². The van der Waals surface area contributed by atoms with Crippen molar-refractivity contribution < 1.29 is 9.72 Å². The number of hydrogen-bond acceptors (Lipinski definition) is 7. The van der Waals surface area contributed by atoms with Crippen LogP contribution in [-0.2, 0) is 4.79 Å². The highest BCUT2D eigenvalue weighted by molar-refractivity contribution is 8.13. The number of thioether (sulfide) groups is 1. The molecular weight excluding hydrogens is 462 g/mol. The molecule has 0 radical (unpaired) electrons. The van der Waals surface area contributed by atoms with Gasteiger partial charge in [0.25, 0.3) is 11.6 Å². The van der Waals surface area contributed by atoms with Crippen LogP contribution in [0.2, 0.25) is 5.02 Å². The normalized spacial score (nSPS) is 17.0. The Morgan fingerprint density at radius 2 is 1.97 bits per heavy atom. The highest BCUT2D eigenvalue weighted by atomic mass is 35.5. The van der Waals surface area contributed by atoms with Gasteiger partial charge in [0, 0.05) is 33.7 Å². The summed E-state index contributed by atoms with van der Waals surface area (Å²) in [7, 11) is 0. The van der Waals surface area contributed by atoms with Crippen molar-refractivity contribution in [1.29, 1.82) is 0 Å². The fourth-order valence-electron chi connectivity index (χ4n) is 3.81. The molecule has 1 amide bonds. The van der Waals surface area contributed by atoms with Crippen molar-refractivity contribution in [2.24, 2.45) is 10.1 Å². The maximum Gasteiger partial charge on any atom is 0.276 e. The van der Waals surface area contributed by atoms with E-state index in [1.165, 1.54) is 54.2 Å². The largest absolute Gasteiger partial charge is 0.298 e. The van der Waals surface area contributed by atoms with Gasteiger partial charge in [-0.15, -0.1) is 5.10 Å². The molecule has 0 aromatic heterocycles. The molecule has 0 saturated heterocycles. The zero-order valence-electron chi connectivity index (χ0n) is 18.2. The molecule has 0 bridgehead atoms. The van der Waals surface area contributed by atoms with Crippen molar-refractivity contribution in [3.05, 3.63) is 73.7 Å². The number of carbonyl (C=O) groups excluding carboxylic acids is 1. The van der Waals surface area contributed by atoms with Crippen LogP contribution >= 0.6 is 23.4 Å². The molecule has 1 atom stereocenters. The number of benzene rings is 2. The Labute approximate surface area is 200 Å². The number of hydrogen-bond donors (Lipinski definition) is 1. The third kappa shape index (κ3) is 5.04. The molecule has 0 spiro atoms. The number of amidine groups is 1. The van der Waals surface area contributed by atoms with Crippen molar-refractivity contribution >= 4 is 45.8 Å². The SMILES string of the molecule is CCCCCCCSC1=NN2C(=c3ccccc3=NC2c2cc([N+](=O)[O-])ccc2Cl)C(=O)N1. The van der Waals surface area contributed by atoms with Crippen LogP contribution in [0, 0.1) is 10.1 Å². The van der Waals surface area contributed by atoms with E-state index in [1.807, 2.05) is 18.2 Å². The first-order valence-electron chi connectivity index (χ1n) is 10.9. The van der Waals surface area contributed by atoms with E-state index in [4.69, 9.17) is 16.6 Å². The van der Waals surface area contributed by atoms with Gasteiger partial charge in [-0.25, -0.2) is 5.01 Å². The summed E-state index contributed by atoms with van der Waals surface area (Å²) in [5, 5.41) is 22.5. The van der Waals surface area contributed by atoms with E-state index in [0.717, 1.165) is 18.6 Å². The molecular formula is C23H24ClN5O3S. The quantitative estimate of drug-likeness (QED) is 0.345. The summed E-state index contributed by atoms with van der Waals surface area (Å²) in [5.74, 6) is 0.550. The van der Waals surface area contributed by atoms with Crippen LogP contribution in [0.1, 0.15) is 50.8 Å². The number of unbranched alkanes of at least 4 members (excludes halogenated alkanes) is 4.